The minimum Gasteiger partial charge on any atom is -0.349 e. The molecule has 230 valence electrons. The van der Waals surface area contributed by atoms with Gasteiger partial charge >= 0.3 is 5.69 Å². The number of halogens is 2. The van der Waals surface area contributed by atoms with Crippen molar-refractivity contribution >= 4 is 57.7 Å². The molecule has 4 aromatic rings. The Morgan fingerprint density at radius 3 is 2.80 bits per heavy atom. The number of carbonyl (C=O) groups is 2. The Morgan fingerprint density at radius 2 is 2.02 bits per heavy atom. The number of fused-ring (bicyclic) bond motifs is 6. The smallest absolute Gasteiger partial charge is 0.349 e. The molecule has 2 aliphatic heterocycles. The molecule has 1 N–H and O–H groups in total. The van der Waals surface area contributed by atoms with Crippen LogP contribution in [0.2, 0.25) is 5.02 Å². The van der Waals surface area contributed by atoms with Gasteiger partial charge in [0, 0.05) is 36.4 Å². The van der Waals surface area contributed by atoms with Gasteiger partial charge in [0.25, 0.3) is 0 Å². The molecule has 5 heterocycles. The number of thioether (sulfide) groups is 1. The van der Waals surface area contributed by atoms with E-state index in [4.69, 9.17) is 16.6 Å². The van der Waals surface area contributed by atoms with Crippen molar-refractivity contribution in [3.05, 3.63) is 76.2 Å². The zero-order chi connectivity index (χ0) is 31.6. The SMILES string of the molecule is C=CC(=O)N1CCN(c2nc(=O)n3c4nc(c(Cl)cc24)-c2c(F)cccc2NC(=O)CCSc2ccnc(C(C)C)c2-3)[C@H]2C[C@H]21. The summed E-state index contributed by atoms with van der Waals surface area (Å²) >= 11 is 8.32. The highest BCUT2D eigenvalue weighted by Crippen LogP contribution is 2.43. The van der Waals surface area contributed by atoms with Crippen molar-refractivity contribution in [3.63, 3.8) is 0 Å². The van der Waals surface area contributed by atoms with Gasteiger partial charge in [0.05, 0.1) is 50.8 Å². The average Bonchev–Trinajstić information content (AvgIpc) is 3.81. The zero-order valence-electron chi connectivity index (χ0n) is 24.6. The van der Waals surface area contributed by atoms with Gasteiger partial charge in [-0.2, -0.15) is 4.98 Å². The summed E-state index contributed by atoms with van der Waals surface area (Å²) in [7, 11) is 0. The van der Waals surface area contributed by atoms with Gasteiger partial charge in [0.1, 0.15) is 11.6 Å². The van der Waals surface area contributed by atoms with Crippen LogP contribution in [0.3, 0.4) is 0 Å². The van der Waals surface area contributed by atoms with Crippen LogP contribution in [-0.2, 0) is 9.59 Å². The van der Waals surface area contributed by atoms with Gasteiger partial charge in [-0.25, -0.2) is 18.7 Å². The summed E-state index contributed by atoms with van der Waals surface area (Å²) in [5.41, 5.74) is 1.17. The van der Waals surface area contributed by atoms with E-state index in [1.165, 1.54) is 34.5 Å². The molecular weight excluding hydrogens is 617 g/mol. The molecule has 0 spiro atoms. The molecule has 1 aliphatic carbocycles. The van der Waals surface area contributed by atoms with Crippen LogP contribution in [0.1, 0.15) is 38.3 Å². The lowest BCUT2D eigenvalue weighted by Crippen LogP contribution is -2.49. The van der Waals surface area contributed by atoms with E-state index in [1.807, 2.05) is 24.8 Å². The predicted molar refractivity (Wildman–Crippen MR) is 173 cm³/mol. The molecule has 3 aromatic heterocycles. The number of amides is 2. The number of hydrogen-bond donors (Lipinski definition) is 1. The van der Waals surface area contributed by atoms with Crippen LogP contribution in [0.4, 0.5) is 15.9 Å². The van der Waals surface area contributed by atoms with Crippen LogP contribution in [0.5, 0.6) is 0 Å². The van der Waals surface area contributed by atoms with Gasteiger partial charge in [0.15, 0.2) is 5.65 Å². The number of benzene rings is 1. The summed E-state index contributed by atoms with van der Waals surface area (Å²) in [5.74, 6) is -0.316. The quantitative estimate of drug-likeness (QED) is 0.304. The molecule has 2 amide bonds. The summed E-state index contributed by atoms with van der Waals surface area (Å²) in [6.45, 7) is 8.47. The van der Waals surface area contributed by atoms with Crippen LogP contribution in [0.15, 0.2) is 58.9 Å². The van der Waals surface area contributed by atoms with Crippen molar-refractivity contribution < 1.29 is 14.0 Å². The molecule has 0 unspecified atom stereocenters. The number of rotatable bonds is 3. The third-order valence-corrected chi connectivity index (χ3v) is 9.77. The van der Waals surface area contributed by atoms with Gasteiger partial charge in [-0.3, -0.25) is 14.6 Å². The van der Waals surface area contributed by atoms with Crippen molar-refractivity contribution in [1.82, 2.24) is 24.4 Å². The first-order chi connectivity index (χ1) is 21.7. The first-order valence-corrected chi connectivity index (χ1v) is 16.1. The minimum absolute atomic E-state index is 0.0219. The molecule has 13 heteroatoms. The van der Waals surface area contributed by atoms with E-state index in [0.29, 0.717) is 41.4 Å². The molecule has 1 saturated heterocycles. The maximum Gasteiger partial charge on any atom is 0.355 e. The van der Waals surface area contributed by atoms with E-state index in [2.05, 4.69) is 21.9 Å². The number of piperazine rings is 1. The lowest BCUT2D eigenvalue weighted by molar-refractivity contribution is -0.127. The summed E-state index contributed by atoms with van der Waals surface area (Å²) < 4.78 is 17.0. The number of carbonyl (C=O) groups excluding carboxylic acids is 2. The van der Waals surface area contributed by atoms with Gasteiger partial charge in [-0.15, -0.1) is 11.8 Å². The molecule has 7 rings (SSSR count). The highest BCUT2D eigenvalue weighted by Gasteiger charge is 2.51. The Hall–Kier alpha value is -4.29. The van der Waals surface area contributed by atoms with Crippen molar-refractivity contribution in [2.45, 2.75) is 49.6 Å². The Kier molecular flexibility index (Phi) is 7.36. The normalized spacial score (nSPS) is 19.2. The highest BCUT2D eigenvalue weighted by molar-refractivity contribution is 7.99. The van der Waals surface area contributed by atoms with Crippen LogP contribution < -0.4 is 15.9 Å². The van der Waals surface area contributed by atoms with Crippen LogP contribution in [0, 0.1) is 5.82 Å². The summed E-state index contributed by atoms with van der Waals surface area (Å²) in [6.07, 6.45) is 3.87. The Balaban J connectivity index is 1.54. The minimum atomic E-state index is -0.622. The van der Waals surface area contributed by atoms with Gasteiger partial charge in [-0.05, 0) is 42.7 Å². The number of aromatic nitrogens is 4. The van der Waals surface area contributed by atoms with Crippen LogP contribution in [-0.4, -0.2) is 67.2 Å². The molecule has 1 saturated carbocycles. The summed E-state index contributed by atoms with van der Waals surface area (Å²) in [5, 5.41) is 3.46. The van der Waals surface area contributed by atoms with E-state index >= 15 is 4.39 Å². The molecule has 2 atom stereocenters. The van der Waals surface area contributed by atoms with Crippen molar-refractivity contribution in [2.24, 2.45) is 0 Å². The Labute approximate surface area is 267 Å². The van der Waals surface area contributed by atoms with Crippen LogP contribution in [0.25, 0.3) is 28.0 Å². The fourth-order valence-corrected chi connectivity index (χ4v) is 7.53. The second-order valence-electron chi connectivity index (χ2n) is 11.5. The standard InChI is InChI=1S/C32H29ClFN7O3S/c1-4-25(43)39-11-12-40(22-15-21(22)39)30-17-14-18(33)28-26-19(34)6-5-7-20(26)36-24(42)9-13-45-23-8-10-35-27(16(2)3)29(23)41(31(17)37-28)32(44)38-30/h4-8,10,14,16,21-22H,1,9,11-13,15H2,2-3H3,(H,36,42)/t21-,22+/m1/s1. The number of nitrogens with zero attached hydrogens (tertiary/aromatic N) is 6. The van der Waals surface area contributed by atoms with E-state index in [-0.39, 0.29) is 63.9 Å². The number of hydrogen-bond acceptors (Lipinski definition) is 8. The Bertz CT molecular complexity index is 1980. The van der Waals surface area contributed by atoms with Crippen molar-refractivity contribution in [1.29, 1.82) is 0 Å². The molecule has 0 radical (unpaired) electrons. The third kappa shape index (κ3) is 4.96. The Morgan fingerprint density at radius 1 is 1.20 bits per heavy atom. The maximum absolute atomic E-state index is 15.6. The summed E-state index contributed by atoms with van der Waals surface area (Å²) in [6, 6.07) is 7.80. The topological polar surface area (TPSA) is 113 Å². The molecule has 2 fully saturated rings. The largest absolute Gasteiger partial charge is 0.355 e. The zero-order valence-corrected chi connectivity index (χ0v) is 26.2. The second-order valence-corrected chi connectivity index (χ2v) is 13.1. The first kappa shape index (κ1) is 29.4. The first-order valence-electron chi connectivity index (χ1n) is 14.7. The molecule has 45 heavy (non-hydrogen) atoms. The van der Waals surface area contributed by atoms with E-state index < -0.39 is 11.5 Å². The highest BCUT2D eigenvalue weighted by atomic mass is 35.5. The number of nitrogens with one attached hydrogen (secondary N) is 1. The van der Waals surface area contributed by atoms with Gasteiger partial charge < -0.3 is 15.1 Å². The van der Waals surface area contributed by atoms with Gasteiger partial charge in [0.2, 0.25) is 11.8 Å². The number of anilines is 2. The summed E-state index contributed by atoms with van der Waals surface area (Å²) in [4.78, 5) is 58.5. The monoisotopic (exact) mass is 645 g/mol. The number of pyridine rings is 2. The van der Waals surface area contributed by atoms with Gasteiger partial charge in [-0.1, -0.05) is 38.1 Å². The maximum atomic E-state index is 15.6. The van der Waals surface area contributed by atoms with Crippen LogP contribution >= 0.6 is 23.4 Å². The molecule has 10 nitrogen and oxygen atoms in total. The predicted octanol–water partition coefficient (Wildman–Crippen LogP) is 5.17. The molecular formula is C32H29ClFN7O3S. The lowest BCUT2D eigenvalue weighted by atomic mass is 10.1. The van der Waals surface area contributed by atoms with Crippen molar-refractivity contribution in [2.75, 3.05) is 29.1 Å². The molecule has 1 aromatic carbocycles. The fraction of sp³-hybridized carbons (Fsp3) is 0.312. The molecule has 3 aliphatic rings. The van der Waals surface area contributed by atoms with E-state index in [0.717, 1.165) is 11.3 Å². The third-order valence-electron chi connectivity index (χ3n) is 8.43. The van der Waals surface area contributed by atoms with E-state index in [9.17, 15) is 14.4 Å². The molecule has 2 bridgehead atoms. The fourth-order valence-electron chi connectivity index (χ4n) is 6.29. The second kappa shape index (κ2) is 11.3. The average molecular weight is 646 g/mol. The lowest BCUT2D eigenvalue weighted by Gasteiger charge is -2.35. The van der Waals surface area contributed by atoms with E-state index in [1.54, 1.807) is 23.2 Å². The van der Waals surface area contributed by atoms with Crippen molar-refractivity contribution in [3.8, 4) is 16.9 Å².